The van der Waals surface area contributed by atoms with E-state index in [2.05, 4.69) is 32.2 Å². The molecule has 2 unspecified atom stereocenters. The van der Waals surface area contributed by atoms with Crippen molar-refractivity contribution in [2.24, 2.45) is 5.92 Å². The summed E-state index contributed by atoms with van der Waals surface area (Å²) in [5.74, 6) is 0.692. The van der Waals surface area contributed by atoms with E-state index in [0.29, 0.717) is 23.2 Å². The highest BCUT2D eigenvalue weighted by Gasteiger charge is 2.09. The zero-order valence-corrected chi connectivity index (χ0v) is 10.8. The summed E-state index contributed by atoms with van der Waals surface area (Å²) in [5, 5.41) is 12.2. The number of hydrogen-bond donors (Lipinski definition) is 2. The number of nitrogens with one attached hydrogen (secondary N) is 1. The van der Waals surface area contributed by atoms with Gasteiger partial charge < -0.3 is 11.1 Å². The molecule has 3 nitrogen and oxygen atoms in total. The summed E-state index contributed by atoms with van der Waals surface area (Å²) in [5.41, 5.74) is 8.08. The molecule has 0 bridgehead atoms. The van der Waals surface area contributed by atoms with Gasteiger partial charge in [-0.1, -0.05) is 20.3 Å². The predicted molar refractivity (Wildman–Crippen MR) is 72.7 cm³/mol. The number of nitriles is 1. The molecule has 0 saturated carbocycles. The molecule has 0 saturated heterocycles. The van der Waals surface area contributed by atoms with Crippen molar-refractivity contribution in [3.05, 3.63) is 23.8 Å². The van der Waals surface area contributed by atoms with E-state index in [1.165, 1.54) is 6.42 Å². The Balaban J connectivity index is 2.71. The molecule has 0 aliphatic rings. The fourth-order valence-electron chi connectivity index (χ4n) is 1.85. The molecular weight excluding hydrogens is 210 g/mol. The van der Waals surface area contributed by atoms with Crippen LogP contribution in [0.5, 0.6) is 0 Å². The Kier molecular flexibility index (Phi) is 4.84. The van der Waals surface area contributed by atoms with Crippen LogP contribution in [0.2, 0.25) is 0 Å². The van der Waals surface area contributed by atoms with Gasteiger partial charge in [0.1, 0.15) is 0 Å². The van der Waals surface area contributed by atoms with Gasteiger partial charge in [0.05, 0.1) is 23.0 Å². The first kappa shape index (κ1) is 13.4. The number of benzene rings is 1. The van der Waals surface area contributed by atoms with E-state index in [0.717, 1.165) is 12.1 Å². The maximum absolute atomic E-state index is 8.85. The topological polar surface area (TPSA) is 61.8 Å². The lowest BCUT2D eigenvalue weighted by atomic mass is 10.00. The average molecular weight is 231 g/mol. The lowest BCUT2D eigenvalue weighted by molar-refractivity contribution is 0.484. The normalized spacial score (nSPS) is 13.8. The van der Waals surface area contributed by atoms with Crippen molar-refractivity contribution in [1.29, 1.82) is 5.26 Å². The molecule has 2 atom stereocenters. The van der Waals surface area contributed by atoms with Crippen molar-refractivity contribution in [3.63, 3.8) is 0 Å². The van der Waals surface area contributed by atoms with Crippen molar-refractivity contribution in [3.8, 4) is 6.07 Å². The van der Waals surface area contributed by atoms with E-state index >= 15 is 0 Å². The molecule has 3 heteroatoms. The van der Waals surface area contributed by atoms with Crippen molar-refractivity contribution in [2.45, 2.75) is 39.7 Å². The van der Waals surface area contributed by atoms with Gasteiger partial charge in [-0.15, -0.1) is 0 Å². The van der Waals surface area contributed by atoms with Crippen LogP contribution in [0.15, 0.2) is 18.2 Å². The summed E-state index contributed by atoms with van der Waals surface area (Å²) >= 11 is 0. The van der Waals surface area contributed by atoms with E-state index < -0.39 is 0 Å². The van der Waals surface area contributed by atoms with E-state index in [-0.39, 0.29) is 0 Å². The fraction of sp³-hybridized carbons (Fsp3) is 0.500. The third kappa shape index (κ3) is 3.99. The maximum Gasteiger partial charge on any atom is 0.0992 e. The number of nitrogens with zero attached hydrogens (tertiary/aromatic N) is 1. The minimum absolute atomic E-state index is 0.362. The second-order valence-corrected chi connectivity index (χ2v) is 4.71. The first-order valence-electron chi connectivity index (χ1n) is 6.13. The van der Waals surface area contributed by atoms with Crippen LogP contribution in [0, 0.1) is 17.2 Å². The second kappa shape index (κ2) is 6.15. The lowest BCUT2D eigenvalue weighted by Crippen LogP contribution is -2.19. The summed E-state index contributed by atoms with van der Waals surface area (Å²) in [6.45, 7) is 6.58. The molecule has 0 aromatic heterocycles. The number of rotatable bonds is 5. The Morgan fingerprint density at radius 2 is 2.12 bits per heavy atom. The van der Waals surface area contributed by atoms with Gasteiger partial charge in [0.25, 0.3) is 0 Å². The first-order valence-corrected chi connectivity index (χ1v) is 6.13. The molecule has 0 radical (unpaired) electrons. The molecule has 0 fully saturated rings. The van der Waals surface area contributed by atoms with Crippen molar-refractivity contribution < 1.29 is 0 Å². The first-order chi connectivity index (χ1) is 8.06. The van der Waals surface area contributed by atoms with Gasteiger partial charge in [-0.2, -0.15) is 5.26 Å². The van der Waals surface area contributed by atoms with Crippen LogP contribution >= 0.6 is 0 Å². The second-order valence-electron chi connectivity index (χ2n) is 4.71. The van der Waals surface area contributed by atoms with Gasteiger partial charge in [-0.05, 0) is 37.5 Å². The predicted octanol–water partition coefficient (Wildman–Crippen LogP) is 3.38. The highest BCUT2D eigenvalue weighted by Crippen LogP contribution is 2.22. The van der Waals surface area contributed by atoms with Gasteiger partial charge in [-0.3, -0.25) is 0 Å². The summed E-state index contributed by atoms with van der Waals surface area (Å²) in [6, 6.07) is 7.81. The zero-order chi connectivity index (χ0) is 12.8. The standard InChI is InChI=1S/C14H21N3/c1-4-10(2)7-11(3)17-14-8-12(9-15)5-6-13(14)16/h5-6,8,10-11,17H,4,7,16H2,1-3H3. The largest absolute Gasteiger partial charge is 0.397 e. The van der Waals surface area contributed by atoms with Crippen LogP contribution in [0.25, 0.3) is 0 Å². The molecular formula is C14H21N3. The number of nitrogens with two attached hydrogens (primary N) is 1. The Morgan fingerprint density at radius 3 is 2.71 bits per heavy atom. The minimum atomic E-state index is 0.362. The van der Waals surface area contributed by atoms with Crippen molar-refractivity contribution in [2.75, 3.05) is 11.1 Å². The molecule has 0 aliphatic carbocycles. The van der Waals surface area contributed by atoms with E-state index in [1.54, 1.807) is 12.1 Å². The monoisotopic (exact) mass is 231 g/mol. The molecule has 0 aliphatic heterocycles. The molecule has 0 amide bonds. The molecule has 3 N–H and O–H groups in total. The van der Waals surface area contributed by atoms with E-state index in [4.69, 9.17) is 11.0 Å². The van der Waals surface area contributed by atoms with Gasteiger partial charge >= 0.3 is 0 Å². The zero-order valence-electron chi connectivity index (χ0n) is 10.8. The van der Waals surface area contributed by atoms with E-state index in [1.807, 2.05) is 6.07 Å². The molecule has 0 heterocycles. The van der Waals surface area contributed by atoms with Crippen LogP contribution in [-0.2, 0) is 0 Å². The molecule has 1 aromatic carbocycles. The van der Waals surface area contributed by atoms with Crippen LogP contribution < -0.4 is 11.1 Å². The molecule has 1 aromatic rings. The third-order valence-corrected chi connectivity index (χ3v) is 3.04. The summed E-state index contributed by atoms with van der Waals surface area (Å²) in [4.78, 5) is 0. The average Bonchev–Trinajstić information content (AvgIpc) is 2.31. The minimum Gasteiger partial charge on any atom is -0.397 e. The summed E-state index contributed by atoms with van der Waals surface area (Å²) in [6.07, 6.45) is 2.28. The smallest absolute Gasteiger partial charge is 0.0992 e. The van der Waals surface area contributed by atoms with Crippen LogP contribution in [0.4, 0.5) is 11.4 Å². The Hall–Kier alpha value is -1.69. The fourth-order valence-corrected chi connectivity index (χ4v) is 1.85. The molecule has 0 spiro atoms. The third-order valence-electron chi connectivity index (χ3n) is 3.04. The highest BCUT2D eigenvalue weighted by atomic mass is 14.9. The van der Waals surface area contributed by atoms with Crippen LogP contribution in [0.1, 0.15) is 39.2 Å². The van der Waals surface area contributed by atoms with Gasteiger partial charge in [-0.25, -0.2) is 0 Å². The highest BCUT2D eigenvalue weighted by molar-refractivity contribution is 5.68. The van der Waals surface area contributed by atoms with Crippen LogP contribution in [0.3, 0.4) is 0 Å². The lowest BCUT2D eigenvalue weighted by Gasteiger charge is -2.19. The Morgan fingerprint density at radius 1 is 1.41 bits per heavy atom. The molecule has 1 rings (SSSR count). The number of anilines is 2. The SMILES string of the molecule is CCC(C)CC(C)Nc1cc(C#N)ccc1N. The summed E-state index contributed by atoms with van der Waals surface area (Å²) < 4.78 is 0. The number of hydrogen-bond acceptors (Lipinski definition) is 3. The Labute approximate surface area is 104 Å². The molecule has 92 valence electrons. The van der Waals surface area contributed by atoms with Crippen LogP contribution in [-0.4, -0.2) is 6.04 Å². The maximum atomic E-state index is 8.85. The van der Waals surface area contributed by atoms with Gasteiger partial charge in [0, 0.05) is 6.04 Å². The summed E-state index contributed by atoms with van der Waals surface area (Å²) in [7, 11) is 0. The quantitative estimate of drug-likeness (QED) is 0.764. The molecule has 17 heavy (non-hydrogen) atoms. The van der Waals surface area contributed by atoms with Gasteiger partial charge in [0.15, 0.2) is 0 Å². The Bertz CT molecular complexity index is 406. The van der Waals surface area contributed by atoms with Gasteiger partial charge in [0.2, 0.25) is 0 Å². The van der Waals surface area contributed by atoms with Crippen molar-refractivity contribution >= 4 is 11.4 Å². The van der Waals surface area contributed by atoms with E-state index in [9.17, 15) is 0 Å². The number of nitrogen functional groups attached to an aromatic ring is 1. The van der Waals surface area contributed by atoms with Crippen molar-refractivity contribution in [1.82, 2.24) is 0 Å².